The minimum atomic E-state index is 0.315. The number of nitrogens with two attached hydrogens (primary N) is 1. The third kappa shape index (κ3) is 1.80. The molecule has 0 atom stereocenters. The predicted molar refractivity (Wildman–Crippen MR) is 70.9 cm³/mol. The molecule has 4 nitrogen and oxygen atoms in total. The number of rotatable bonds is 3. The Balaban J connectivity index is 1.74. The molecule has 0 aliphatic heterocycles. The largest absolute Gasteiger partial charge is 0.383 e. The van der Waals surface area contributed by atoms with E-state index in [-0.39, 0.29) is 0 Å². The SMILES string of the molecule is N#Cc1c(NCC23CCC(CC2)C3)ccnc1N. The fourth-order valence-corrected chi connectivity index (χ4v) is 3.59. The molecule has 2 aliphatic rings. The smallest absolute Gasteiger partial charge is 0.143 e. The van der Waals surface area contributed by atoms with E-state index in [1.54, 1.807) is 6.20 Å². The molecule has 3 N–H and O–H groups in total. The van der Waals surface area contributed by atoms with Crippen molar-refractivity contribution in [3.05, 3.63) is 17.8 Å². The van der Waals surface area contributed by atoms with E-state index >= 15 is 0 Å². The highest BCUT2D eigenvalue weighted by Gasteiger charge is 2.44. The maximum Gasteiger partial charge on any atom is 0.143 e. The summed E-state index contributed by atoms with van der Waals surface area (Å²) in [6.07, 6.45) is 8.42. The maximum atomic E-state index is 9.11. The summed E-state index contributed by atoms with van der Waals surface area (Å²) in [5.74, 6) is 1.26. The second-order valence-corrected chi connectivity index (χ2v) is 5.73. The van der Waals surface area contributed by atoms with Gasteiger partial charge in [0.1, 0.15) is 17.5 Å². The van der Waals surface area contributed by atoms with Gasteiger partial charge in [-0.25, -0.2) is 4.98 Å². The Kier molecular flexibility index (Phi) is 2.62. The van der Waals surface area contributed by atoms with Crippen LogP contribution in [0.15, 0.2) is 12.3 Å². The number of pyridine rings is 1. The molecule has 2 fully saturated rings. The average molecular weight is 242 g/mol. The van der Waals surface area contributed by atoms with Gasteiger partial charge in [-0.1, -0.05) is 0 Å². The van der Waals surface area contributed by atoms with Crippen molar-refractivity contribution in [2.75, 3.05) is 17.6 Å². The summed E-state index contributed by atoms with van der Waals surface area (Å²) in [5, 5.41) is 12.5. The molecule has 2 saturated carbocycles. The van der Waals surface area contributed by atoms with Gasteiger partial charge in [-0.05, 0) is 49.5 Å². The lowest BCUT2D eigenvalue weighted by molar-refractivity contribution is 0.316. The van der Waals surface area contributed by atoms with E-state index in [1.165, 1.54) is 32.1 Å². The fourth-order valence-electron chi connectivity index (χ4n) is 3.59. The van der Waals surface area contributed by atoms with Gasteiger partial charge in [0, 0.05) is 12.7 Å². The lowest BCUT2D eigenvalue weighted by Gasteiger charge is -2.27. The first-order chi connectivity index (χ1) is 8.72. The molecule has 94 valence electrons. The normalized spacial score (nSPS) is 29.2. The number of aromatic nitrogens is 1. The number of nitriles is 1. The van der Waals surface area contributed by atoms with Crippen LogP contribution in [0.1, 0.15) is 37.7 Å². The van der Waals surface area contributed by atoms with Gasteiger partial charge in [0.25, 0.3) is 0 Å². The summed E-state index contributed by atoms with van der Waals surface area (Å²) in [6, 6.07) is 3.97. The number of nitrogen functional groups attached to an aromatic ring is 1. The molecular weight excluding hydrogens is 224 g/mol. The Morgan fingerprint density at radius 3 is 2.89 bits per heavy atom. The van der Waals surface area contributed by atoms with E-state index in [2.05, 4.69) is 16.4 Å². The van der Waals surface area contributed by atoms with Crippen molar-refractivity contribution in [3.63, 3.8) is 0 Å². The summed E-state index contributed by atoms with van der Waals surface area (Å²) < 4.78 is 0. The Morgan fingerprint density at radius 2 is 2.28 bits per heavy atom. The summed E-state index contributed by atoms with van der Waals surface area (Å²) in [7, 11) is 0. The van der Waals surface area contributed by atoms with Gasteiger partial charge >= 0.3 is 0 Å². The number of nitrogens with one attached hydrogen (secondary N) is 1. The van der Waals surface area contributed by atoms with Crippen LogP contribution < -0.4 is 11.1 Å². The Hall–Kier alpha value is -1.76. The number of hydrogen-bond donors (Lipinski definition) is 2. The van der Waals surface area contributed by atoms with E-state index in [4.69, 9.17) is 11.0 Å². The first kappa shape index (κ1) is 11.3. The number of fused-ring (bicyclic) bond motifs is 2. The third-order valence-corrected chi connectivity index (χ3v) is 4.63. The van der Waals surface area contributed by atoms with Gasteiger partial charge in [-0.3, -0.25) is 0 Å². The molecule has 1 aromatic rings. The molecular formula is C14H18N4. The van der Waals surface area contributed by atoms with Crippen molar-refractivity contribution in [1.82, 2.24) is 4.98 Å². The van der Waals surface area contributed by atoms with E-state index in [0.29, 0.717) is 16.8 Å². The quantitative estimate of drug-likeness (QED) is 0.854. The van der Waals surface area contributed by atoms with Gasteiger partial charge in [-0.15, -0.1) is 0 Å². The molecule has 0 amide bonds. The van der Waals surface area contributed by atoms with Crippen molar-refractivity contribution in [3.8, 4) is 6.07 Å². The zero-order valence-electron chi connectivity index (χ0n) is 10.4. The van der Waals surface area contributed by atoms with Crippen LogP contribution in [0.25, 0.3) is 0 Å². The van der Waals surface area contributed by atoms with Gasteiger partial charge in [0.2, 0.25) is 0 Å². The third-order valence-electron chi connectivity index (χ3n) is 4.63. The molecule has 0 saturated heterocycles. The summed E-state index contributed by atoms with van der Waals surface area (Å²) in [4.78, 5) is 3.95. The van der Waals surface area contributed by atoms with Crippen molar-refractivity contribution >= 4 is 11.5 Å². The van der Waals surface area contributed by atoms with Gasteiger partial charge in [0.15, 0.2) is 0 Å². The maximum absolute atomic E-state index is 9.11. The van der Waals surface area contributed by atoms with Crippen molar-refractivity contribution in [1.29, 1.82) is 5.26 Å². The van der Waals surface area contributed by atoms with Crippen LogP contribution >= 0.6 is 0 Å². The van der Waals surface area contributed by atoms with Gasteiger partial charge < -0.3 is 11.1 Å². The Labute approximate surface area is 107 Å². The number of anilines is 2. The lowest BCUT2D eigenvalue weighted by Crippen LogP contribution is -2.25. The first-order valence-corrected chi connectivity index (χ1v) is 6.61. The molecule has 18 heavy (non-hydrogen) atoms. The van der Waals surface area contributed by atoms with E-state index in [0.717, 1.165) is 18.2 Å². The molecule has 2 aliphatic carbocycles. The van der Waals surface area contributed by atoms with Crippen LogP contribution in [-0.4, -0.2) is 11.5 Å². The second kappa shape index (κ2) is 4.16. The van der Waals surface area contributed by atoms with Crippen molar-refractivity contribution < 1.29 is 0 Å². The zero-order valence-corrected chi connectivity index (χ0v) is 10.4. The molecule has 4 heteroatoms. The summed E-state index contributed by atoms with van der Waals surface area (Å²) >= 11 is 0. The minimum absolute atomic E-state index is 0.315. The molecule has 0 radical (unpaired) electrons. The molecule has 0 unspecified atom stereocenters. The van der Waals surface area contributed by atoms with E-state index in [1.807, 2.05) is 6.07 Å². The topological polar surface area (TPSA) is 74.7 Å². The second-order valence-electron chi connectivity index (χ2n) is 5.73. The fraction of sp³-hybridized carbons (Fsp3) is 0.571. The van der Waals surface area contributed by atoms with Crippen LogP contribution in [-0.2, 0) is 0 Å². The Morgan fingerprint density at radius 1 is 1.50 bits per heavy atom. The highest BCUT2D eigenvalue weighted by molar-refractivity contribution is 5.66. The van der Waals surface area contributed by atoms with Crippen LogP contribution in [0.2, 0.25) is 0 Å². The van der Waals surface area contributed by atoms with Crippen molar-refractivity contribution in [2.24, 2.45) is 11.3 Å². The molecule has 1 heterocycles. The number of nitrogens with zero attached hydrogens (tertiary/aromatic N) is 2. The molecule has 1 aromatic heterocycles. The molecule has 3 rings (SSSR count). The van der Waals surface area contributed by atoms with E-state index < -0.39 is 0 Å². The van der Waals surface area contributed by atoms with Crippen LogP contribution in [0.3, 0.4) is 0 Å². The van der Waals surface area contributed by atoms with Crippen LogP contribution in [0.5, 0.6) is 0 Å². The monoisotopic (exact) mass is 242 g/mol. The van der Waals surface area contributed by atoms with Gasteiger partial charge in [0.05, 0.1) is 5.69 Å². The van der Waals surface area contributed by atoms with Crippen LogP contribution in [0, 0.1) is 22.7 Å². The van der Waals surface area contributed by atoms with Crippen molar-refractivity contribution in [2.45, 2.75) is 32.1 Å². The van der Waals surface area contributed by atoms with Crippen LogP contribution in [0.4, 0.5) is 11.5 Å². The zero-order chi connectivity index (χ0) is 12.6. The predicted octanol–water partition coefficient (Wildman–Crippen LogP) is 2.53. The number of hydrogen-bond acceptors (Lipinski definition) is 4. The molecule has 2 bridgehead atoms. The highest BCUT2D eigenvalue weighted by atomic mass is 14.9. The summed E-state index contributed by atoms with van der Waals surface area (Å²) in [6.45, 7) is 0.960. The minimum Gasteiger partial charge on any atom is -0.383 e. The first-order valence-electron chi connectivity index (χ1n) is 6.61. The standard InChI is InChI=1S/C14H18N4/c15-8-11-12(3-6-17-13(11)16)18-9-14-4-1-10(7-14)2-5-14/h3,6,10H,1-2,4-5,7,9H2,(H3,16,17,18). The van der Waals surface area contributed by atoms with E-state index in [9.17, 15) is 0 Å². The molecule has 0 spiro atoms. The Bertz CT molecular complexity index is 495. The average Bonchev–Trinajstić information content (AvgIpc) is 2.97. The lowest BCUT2D eigenvalue weighted by atomic mass is 9.84. The summed E-state index contributed by atoms with van der Waals surface area (Å²) in [5.41, 5.74) is 7.49. The molecule has 0 aromatic carbocycles. The highest BCUT2D eigenvalue weighted by Crippen LogP contribution is 2.53. The van der Waals surface area contributed by atoms with Gasteiger partial charge in [-0.2, -0.15) is 5.26 Å².